The lowest BCUT2D eigenvalue weighted by Gasteiger charge is -2.33. The van der Waals surface area contributed by atoms with Crippen molar-refractivity contribution in [3.05, 3.63) is 0 Å². The van der Waals surface area contributed by atoms with Crippen LogP contribution >= 0.6 is 0 Å². The Kier molecular flexibility index (Phi) is 8.20. The third-order valence-electron chi connectivity index (χ3n) is 2.83. The van der Waals surface area contributed by atoms with Gasteiger partial charge in [0.2, 0.25) is 0 Å². The van der Waals surface area contributed by atoms with Gasteiger partial charge in [-0.2, -0.15) is 0 Å². The van der Waals surface area contributed by atoms with Crippen LogP contribution in [-0.2, 0) is 0 Å². The van der Waals surface area contributed by atoms with Crippen molar-refractivity contribution in [1.29, 1.82) is 0 Å². The predicted molar refractivity (Wildman–Crippen MR) is 64.7 cm³/mol. The highest BCUT2D eigenvalue weighted by Crippen LogP contribution is 2.09. The molecule has 0 fully saturated rings. The molecule has 0 aromatic heterocycles. The van der Waals surface area contributed by atoms with Gasteiger partial charge >= 0.3 is 0 Å². The molecular weight excluding hydrogens is 172 g/mol. The molecule has 2 heteroatoms. The van der Waals surface area contributed by atoms with Gasteiger partial charge in [-0.05, 0) is 32.0 Å². The molecule has 1 N–H and O–H groups in total. The molecule has 0 aromatic carbocycles. The fourth-order valence-electron chi connectivity index (χ4n) is 1.91. The molecule has 0 aliphatic carbocycles. The van der Waals surface area contributed by atoms with Gasteiger partial charge in [0, 0.05) is 12.6 Å². The van der Waals surface area contributed by atoms with E-state index in [4.69, 9.17) is 0 Å². The number of likely N-dealkylation sites (N-methyl/N-ethyl adjacent to an activating group) is 1. The van der Waals surface area contributed by atoms with Crippen LogP contribution < -0.4 is 5.32 Å². The second-order valence-electron chi connectivity index (χ2n) is 4.24. The van der Waals surface area contributed by atoms with Crippen molar-refractivity contribution >= 4 is 0 Å². The Morgan fingerprint density at radius 1 is 1.07 bits per heavy atom. The van der Waals surface area contributed by atoms with Crippen LogP contribution in [0.5, 0.6) is 0 Å². The van der Waals surface area contributed by atoms with Gasteiger partial charge < -0.3 is 5.32 Å². The number of nitrogens with zero attached hydrogens (tertiary/aromatic N) is 1. The Morgan fingerprint density at radius 3 is 2.00 bits per heavy atom. The minimum absolute atomic E-state index is 0.691. The van der Waals surface area contributed by atoms with E-state index in [9.17, 15) is 0 Å². The molecular formula is C12H28N2. The monoisotopic (exact) mass is 200 g/mol. The van der Waals surface area contributed by atoms with Crippen molar-refractivity contribution in [2.75, 3.05) is 26.2 Å². The van der Waals surface area contributed by atoms with Gasteiger partial charge in [-0.3, -0.25) is 4.90 Å². The van der Waals surface area contributed by atoms with Crippen LogP contribution in [0, 0.1) is 5.92 Å². The van der Waals surface area contributed by atoms with Gasteiger partial charge in [-0.15, -0.1) is 0 Å². The average Bonchev–Trinajstić information content (AvgIpc) is 2.17. The minimum Gasteiger partial charge on any atom is -0.315 e. The van der Waals surface area contributed by atoms with E-state index < -0.39 is 0 Å². The first kappa shape index (κ1) is 13.9. The standard InChI is InChI=1S/C12H28N2/c1-6-9-13-10-12(11(4)5)14(7-2)8-3/h11-13H,6-10H2,1-5H3. The second-order valence-corrected chi connectivity index (χ2v) is 4.24. The quantitative estimate of drug-likeness (QED) is 0.605. The van der Waals surface area contributed by atoms with Gasteiger partial charge in [-0.25, -0.2) is 0 Å². The highest BCUT2D eigenvalue weighted by molar-refractivity contribution is 4.75. The average molecular weight is 200 g/mol. The molecule has 0 bridgehead atoms. The maximum Gasteiger partial charge on any atom is 0.0243 e. The molecule has 1 unspecified atom stereocenters. The summed E-state index contributed by atoms with van der Waals surface area (Å²) in [7, 11) is 0. The first-order chi connectivity index (χ1) is 6.67. The summed E-state index contributed by atoms with van der Waals surface area (Å²) < 4.78 is 0. The van der Waals surface area contributed by atoms with Crippen LogP contribution in [0.3, 0.4) is 0 Å². The molecule has 0 heterocycles. The third kappa shape index (κ3) is 4.97. The van der Waals surface area contributed by atoms with Gasteiger partial charge in [0.1, 0.15) is 0 Å². The van der Waals surface area contributed by atoms with Crippen LogP contribution in [0.15, 0.2) is 0 Å². The van der Waals surface area contributed by atoms with Crippen LogP contribution in [0.25, 0.3) is 0 Å². The predicted octanol–water partition coefficient (Wildman–Crippen LogP) is 2.35. The summed E-state index contributed by atoms with van der Waals surface area (Å²) >= 11 is 0. The molecule has 0 amide bonds. The Labute approximate surface area is 90.1 Å². The SMILES string of the molecule is CCCNCC(C(C)C)N(CC)CC. The minimum atomic E-state index is 0.691. The Balaban J connectivity index is 3.99. The highest BCUT2D eigenvalue weighted by atomic mass is 15.2. The number of hydrogen-bond donors (Lipinski definition) is 1. The molecule has 0 aliphatic heterocycles. The summed E-state index contributed by atoms with van der Waals surface area (Å²) in [6.45, 7) is 15.9. The van der Waals surface area contributed by atoms with Crippen LogP contribution in [0.1, 0.15) is 41.0 Å². The normalized spacial score (nSPS) is 13.9. The highest BCUT2D eigenvalue weighted by Gasteiger charge is 2.18. The fraction of sp³-hybridized carbons (Fsp3) is 1.00. The fourth-order valence-corrected chi connectivity index (χ4v) is 1.91. The maximum atomic E-state index is 3.52. The van der Waals surface area contributed by atoms with Crippen molar-refractivity contribution in [1.82, 2.24) is 10.2 Å². The van der Waals surface area contributed by atoms with Crippen molar-refractivity contribution in [2.24, 2.45) is 5.92 Å². The maximum absolute atomic E-state index is 3.52. The lowest BCUT2D eigenvalue weighted by molar-refractivity contribution is 0.167. The van der Waals surface area contributed by atoms with Crippen molar-refractivity contribution in [2.45, 2.75) is 47.1 Å². The van der Waals surface area contributed by atoms with Crippen LogP contribution in [-0.4, -0.2) is 37.1 Å². The molecule has 14 heavy (non-hydrogen) atoms. The zero-order valence-corrected chi connectivity index (χ0v) is 10.6. The van der Waals surface area contributed by atoms with Gasteiger partial charge in [-0.1, -0.05) is 34.6 Å². The van der Waals surface area contributed by atoms with E-state index in [0.29, 0.717) is 6.04 Å². The lowest BCUT2D eigenvalue weighted by Crippen LogP contribution is -2.45. The zero-order valence-electron chi connectivity index (χ0n) is 10.6. The molecule has 0 spiro atoms. The summed E-state index contributed by atoms with van der Waals surface area (Å²) in [5.41, 5.74) is 0. The number of nitrogens with one attached hydrogen (secondary N) is 1. The molecule has 2 nitrogen and oxygen atoms in total. The summed E-state index contributed by atoms with van der Waals surface area (Å²) in [6, 6.07) is 0.691. The van der Waals surface area contributed by atoms with Gasteiger partial charge in [0.25, 0.3) is 0 Å². The largest absolute Gasteiger partial charge is 0.315 e. The third-order valence-corrected chi connectivity index (χ3v) is 2.83. The summed E-state index contributed by atoms with van der Waals surface area (Å²) in [5, 5.41) is 3.52. The summed E-state index contributed by atoms with van der Waals surface area (Å²) in [4.78, 5) is 2.55. The summed E-state index contributed by atoms with van der Waals surface area (Å²) in [5.74, 6) is 0.735. The van der Waals surface area contributed by atoms with E-state index in [1.54, 1.807) is 0 Å². The van der Waals surface area contributed by atoms with Crippen molar-refractivity contribution in [3.63, 3.8) is 0 Å². The Morgan fingerprint density at radius 2 is 1.64 bits per heavy atom. The van der Waals surface area contributed by atoms with Crippen LogP contribution in [0.4, 0.5) is 0 Å². The molecule has 0 saturated heterocycles. The number of hydrogen-bond acceptors (Lipinski definition) is 2. The van der Waals surface area contributed by atoms with Crippen molar-refractivity contribution in [3.8, 4) is 0 Å². The Bertz CT molecular complexity index is 119. The zero-order chi connectivity index (χ0) is 11.0. The molecule has 0 rings (SSSR count). The van der Waals surface area contributed by atoms with E-state index in [2.05, 4.69) is 44.8 Å². The first-order valence-corrected chi connectivity index (χ1v) is 6.12. The second kappa shape index (κ2) is 8.25. The molecule has 0 radical (unpaired) electrons. The first-order valence-electron chi connectivity index (χ1n) is 6.12. The molecule has 0 saturated carbocycles. The van der Waals surface area contributed by atoms with Gasteiger partial charge in [0.05, 0.1) is 0 Å². The lowest BCUT2D eigenvalue weighted by atomic mass is 10.0. The molecule has 0 aromatic rings. The van der Waals surface area contributed by atoms with E-state index >= 15 is 0 Å². The molecule has 86 valence electrons. The van der Waals surface area contributed by atoms with Gasteiger partial charge in [0.15, 0.2) is 0 Å². The summed E-state index contributed by atoms with van der Waals surface area (Å²) in [6.07, 6.45) is 1.23. The van der Waals surface area contributed by atoms with Crippen molar-refractivity contribution < 1.29 is 0 Å². The topological polar surface area (TPSA) is 15.3 Å². The van der Waals surface area contributed by atoms with E-state index in [0.717, 1.165) is 32.1 Å². The molecule has 1 atom stereocenters. The smallest absolute Gasteiger partial charge is 0.0243 e. The Hall–Kier alpha value is -0.0800. The number of rotatable bonds is 8. The van der Waals surface area contributed by atoms with E-state index in [1.807, 2.05) is 0 Å². The van der Waals surface area contributed by atoms with Crippen LogP contribution in [0.2, 0.25) is 0 Å². The van der Waals surface area contributed by atoms with E-state index in [1.165, 1.54) is 6.42 Å². The van der Waals surface area contributed by atoms with E-state index in [-0.39, 0.29) is 0 Å². The molecule has 0 aliphatic rings.